The smallest absolute Gasteiger partial charge is 0.290 e. The molecular weight excluding hydrogens is 416 g/mol. The van der Waals surface area contributed by atoms with Crippen molar-refractivity contribution in [2.24, 2.45) is 0 Å². The van der Waals surface area contributed by atoms with E-state index >= 15 is 0 Å². The van der Waals surface area contributed by atoms with Gasteiger partial charge in [-0.05, 0) is 36.1 Å². The van der Waals surface area contributed by atoms with Crippen molar-refractivity contribution >= 4 is 23.0 Å². The SMILES string of the molecule is CCOc1ccc([C@@H]2C(C(=O)c3cccs3)=C(O)C(=O)N2CCN2CCOCC2)cc1. The van der Waals surface area contributed by atoms with Crippen LogP contribution < -0.4 is 4.74 Å². The molecule has 1 fully saturated rings. The van der Waals surface area contributed by atoms with Crippen molar-refractivity contribution in [1.82, 2.24) is 9.80 Å². The van der Waals surface area contributed by atoms with Gasteiger partial charge in [-0.3, -0.25) is 14.5 Å². The average Bonchev–Trinajstić information content (AvgIpc) is 3.41. The predicted octanol–water partition coefficient (Wildman–Crippen LogP) is 3.06. The molecular formula is C23H26N2O5S. The van der Waals surface area contributed by atoms with Gasteiger partial charge in [0.25, 0.3) is 5.91 Å². The summed E-state index contributed by atoms with van der Waals surface area (Å²) in [6.07, 6.45) is 0. The van der Waals surface area contributed by atoms with Crippen LogP contribution in [0.4, 0.5) is 0 Å². The van der Waals surface area contributed by atoms with Crippen LogP contribution in [0, 0.1) is 0 Å². The molecule has 8 heteroatoms. The number of benzene rings is 1. The lowest BCUT2D eigenvalue weighted by molar-refractivity contribution is -0.129. The molecule has 4 rings (SSSR count). The van der Waals surface area contributed by atoms with Gasteiger partial charge in [-0.15, -0.1) is 11.3 Å². The number of hydrogen-bond acceptors (Lipinski definition) is 7. The summed E-state index contributed by atoms with van der Waals surface area (Å²) in [4.78, 5) is 30.6. The third-order valence-electron chi connectivity index (χ3n) is 5.56. The largest absolute Gasteiger partial charge is 0.503 e. The maximum absolute atomic E-state index is 13.2. The van der Waals surface area contributed by atoms with E-state index in [9.17, 15) is 14.7 Å². The number of carbonyl (C=O) groups is 2. The highest BCUT2D eigenvalue weighted by Crippen LogP contribution is 2.39. The zero-order valence-electron chi connectivity index (χ0n) is 17.5. The second-order valence-corrected chi connectivity index (χ2v) is 8.37. The second kappa shape index (κ2) is 9.64. The molecule has 3 heterocycles. The summed E-state index contributed by atoms with van der Waals surface area (Å²) in [6, 6.07) is 10.2. The Kier molecular flexibility index (Phi) is 6.70. The molecule has 0 saturated carbocycles. The van der Waals surface area contributed by atoms with Crippen molar-refractivity contribution in [1.29, 1.82) is 0 Å². The van der Waals surface area contributed by atoms with Gasteiger partial charge in [-0.2, -0.15) is 0 Å². The van der Waals surface area contributed by atoms with Crippen LogP contribution in [0.3, 0.4) is 0 Å². The van der Waals surface area contributed by atoms with E-state index in [1.54, 1.807) is 17.0 Å². The van der Waals surface area contributed by atoms with Gasteiger partial charge in [-0.1, -0.05) is 18.2 Å². The quantitative estimate of drug-likeness (QED) is 0.633. The molecule has 0 bridgehead atoms. The van der Waals surface area contributed by atoms with Crippen molar-refractivity contribution in [3.63, 3.8) is 0 Å². The minimum absolute atomic E-state index is 0.138. The third kappa shape index (κ3) is 4.51. The molecule has 2 aromatic rings. The predicted molar refractivity (Wildman–Crippen MR) is 118 cm³/mol. The standard InChI is InChI=1S/C23H26N2O5S/c1-2-30-17-7-5-16(6-8-17)20-19(21(26)18-4-3-15-31-18)22(27)23(28)25(20)10-9-24-11-13-29-14-12-24/h3-8,15,20,27H,2,9-14H2,1H3/t20-/m1/s1. The Hall–Kier alpha value is -2.68. The number of ketones is 1. The highest BCUT2D eigenvalue weighted by atomic mass is 32.1. The second-order valence-electron chi connectivity index (χ2n) is 7.43. The van der Waals surface area contributed by atoms with E-state index in [4.69, 9.17) is 9.47 Å². The Morgan fingerprint density at radius 3 is 2.58 bits per heavy atom. The van der Waals surface area contributed by atoms with Crippen molar-refractivity contribution in [3.05, 3.63) is 63.6 Å². The van der Waals surface area contributed by atoms with E-state index in [2.05, 4.69) is 4.90 Å². The number of hydrogen-bond donors (Lipinski definition) is 1. The van der Waals surface area contributed by atoms with Crippen molar-refractivity contribution in [3.8, 4) is 5.75 Å². The topological polar surface area (TPSA) is 79.3 Å². The normalized spacial score (nSPS) is 19.8. The Bertz CT molecular complexity index is 949. The number of Topliss-reactive ketones (excluding diaryl/α,β-unsaturated/α-hetero) is 1. The van der Waals surface area contributed by atoms with E-state index in [0.717, 1.165) is 24.4 Å². The maximum atomic E-state index is 13.2. The van der Waals surface area contributed by atoms with E-state index in [0.29, 0.717) is 37.8 Å². The van der Waals surface area contributed by atoms with Crippen LogP contribution in [0.25, 0.3) is 0 Å². The summed E-state index contributed by atoms with van der Waals surface area (Å²) < 4.78 is 10.9. The van der Waals surface area contributed by atoms with Crippen LogP contribution in [0.5, 0.6) is 5.75 Å². The van der Waals surface area contributed by atoms with Crippen LogP contribution in [-0.4, -0.2) is 72.6 Å². The lowest BCUT2D eigenvalue weighted by atomic mass is 9.95. The maximum Gasteiger partial charge on any atom is 0.290 e. The summed E-state index contributed by atoms with van der Waals surface area (Å²) in [5.41, 5.74) is 0.904. The molecule has 1 aromatic heterocycles. The highest BCUT2D eigenvalue weighted by molar-refractivity contribution is 7.12. The molecule has 1 aromatic carbocycles. The van der Waals surface area contributed by atoms with Crippen LogP contribution >= 0.6 is 11.3 Å². The molecule has 0 radical (unpaired) electrons. The summed E-state index contributed by atoms with van der Waals surface area (Å²) in [5.74, 6) is -0.560. The van der Waals surface area contributed by atoms with Crippen LogP contribution in [0.2, 0.25) is 0 Å². The molecule has 1 atom stereocenters. The molecule has 0 aliphatic carbocycles. The van der Waals surface area contributed by atoms with E-state index in [-0.39, 0.29) is 11.4 Å². The van der Waals surface area contributed by atoms with E-state index < -0.39 is 17.7 Å². The van der Waals surface area contributed by atoms with Crippen LogP contribution in [0.15, 0.2) is 53.1 Å². The Labute approximate surface area is 185 Å². The van der Waals surface area contributed by atoms with E-state index in [1.807, 2.05) is 36.6 Å². The fourth-order valence-corrected chi connectivity index (χ4v) is 4.67. The number of aliphatic hydroxyl groups excluding tert-OH is 1. The first-order valence-electron chi connectivity index (χ1n) is 10.4. The Balaban J connectivity index is 1.65. The molecule has 7 nitrogen and oxygen atoms in total. The molecule has 164 valence electrons. The molecule has 0 unspecified atom stereocenters. The number of morpholine rings is 1. The monoisotopic (exact) mass is 442 g/mol. The molecule has 2 aliphatic heterocycles. The van der Waals surface area contributed by atoms with Gasteiger partial charge in [0.05, 0.1) is 36.3 Å². The Morgan fingerprint density at radius 2 is 1.94 bits per heavy atom. The molecule has 31 heavy (non-hydrogen) atoms. The third-order valence-corrected chi connectivity index (χ3v) is 6.43. The summed E-state index contributed by atoms with van der Waals surface area (Å²) in [6.45, 7) is 6.46. The number of rotatable bonds is 8. The van der Waals surface area contributed by atoms with Gasteiger partial charge >= 0.3 is 0 Å². The zero-order valence-corrected chi connectivity index (χ0v) is 18.3. The molecule has 0 spiro atoms. The summed E-state index contributed by atoms with van der Waals surface area (Å²) in [5, 5.41) is 12.5. The first kappa shape index (κ1) is 21.5. The van der Waals surface area contributed by atoms with Crippen LogP contribution in [-0.2, 0) is 9.53 Å². The van der Waals surface area contributed by atoms with Gasteiger partial charge < -0.3 is 19.5 Å². The fourth-order valence-electron chi connectivity index (χ4n) is 3.99. The number of carbonyl (C=O) groups excluding carboxylic acids is 2. The number of amides is 1. The van der Waals surface area contributed by atoms with Crippen molar-refractivity contribution in [2.45, 2.75) is 13.0 Å². The van der Waals surface area contributed by atoms with Gasteiger partial charge in [0.15, 0.2) is 5.76 Å². The van der Waals surface area contributed by atoms with E-state index in [1.165, 1.54) is 11.3 Å². The summed E-state index contributed by atoms with van der Waals surface area (Å²) in [7, 11) is 0. The fraction of sp³-hybridized carbons (Fsp3) is 0.391. The number of ether oxygens (including phenoxy) is 2. The van der Waals surface area contributed by atoms with Crippen molar-refractivity contribution < 1.29 is 24.2 Å². The Morgan fingerprint density at radius 1 is 1.19 bits per heavy atom. The van der Waals surface area contributed by atoms with Gasteiger partial charge in [0, 0.05) is 26.2 Å². The van der Waals surface area contributed by atoms with Gasteiger partial charge in [-0.25, -0.2) is 0 Å². The minimum Gasteiger partial charge on any atom is -0.503 e. The van der Waals surface area contributed by atoms with Crippen LogP contribution in [0.1, 0.15) is 28.2 Å². The van der Waals surface area contributed by atoms with Gasteiger partial charge in [0.2, 0.25) is 5.78 Å². The van der Waals surface area contributed by atoms with Gasteiger partial charge in [0.1, 0.15) is 5.75 Å². The lowest BCUT2D eigenvalue weighted by Gasteiger charge is -2.31. The van der Waals surface area contributed by atoms with Crippen molar-refractivity contribution in [2.75, 3.05) is 46.0 Å². The first-order valence-corrected chi connectivity index (χ1v) is 11.3. The lowest BCUT2D eigenvalue weighted by Crippen LogP contribution is -2.43. The molecule has 1 amide bonds. The molecule has 2 aliphatic rings. The highest BCUT2D eigenvalue weighted by Gasteiger charge is 2.43. The zero-order chi connectivity index (χ0) is 21.8. The number of aliphatic hydroxyl groups is 1. The summed E-state index contributed by atoms with van der Waals surface area (Å²) >= 11 is 1.30. The molecule has 1 N–H and O–H groups in total. The average molecular weight is 443 g/mol. The number of nitrogens with zero attached hydrogens (tertiary/aromatic N) is 2. The molecule has 1 saturated heterocycles. The minimum atomic E-state index is -0.640. The first-order chi connectivity index (χ1) is 15.1. The number of thiophene rings is 1.